The number of carbonyl (C=O) groups is 1. The molecule has 0 spiro atoms. The fraction of sp³-hybridized carbons (Fsp3) is 0.500. The fourth-order valence-electron chi connectivity index (χ4n) is 1.72. The SMILES string of the molecule is CCC(=O)c1ccc(C2CNCCO2)nc1. The molecule has 0 radical (unpaired) electrons. The zero-order valence-corrected chi connectivity index (χ0v) is 9.40. The first kappa shape index (κ1) is 11.2. The highest BCUT2D eigenvalue weighted by Gasteiger charge is 2.16. The Morgan fingerprint density at radius 1 is 1.62 bits per heavy atom. The second-order valence-corrected chi connectivity index (χ2v) is 3.81. The molecule has 16 heavy (non-hydrogen) atoms. The van der Waals surface area contributed by atoms with Gasteiger partial charge in [-0.3, -0.25) is 9.78 Å². The number of carbonyl (C=O) groups excluding carboxylic acids is 1. The number of nitrogens with zero attached hydrogens (tertiary/aromatic N) is 1. The summed E-state index contributed by atoms with van der Waals surface area (Å²) in [4.78, 5) is 15.7. The molecule has 86 valence electrons. The predicted molar refractivity (Wildman–Crippen MR) is 60.4 cm³/mol. The van der Waals surface area contributed by atoms with Gasteiger partial charge in [0.25, 0.3) is 0 Å². The molecule has 4 nitrogen and oxygen atoms in total. The summed E-state index contributed by atoms with van der Waals surface area (Å²) < 4.78 is 5.58. The molecule has 0 aliphatic carbocycles. The maximum atomic E-state index is 11.4. The van der Waals surface area contributed by atoms with E-state index in [1.165, 1.54) is 0 Å². The Bertz CT molecular complexity index is 356. The van der Waals surface area contributed by atoms with Gasteiger partial charge in [0.1, 0.15) is 6.10 Å². The van der Waals surface area contributed by atoms with Crippen molar-refractivity contribution in [2.24, 2.45) is 0 Å². The number of aromatic nitrogens is 1. The molecular weight excluding hydrogens is 204 g/mol. The van der Waals surface area contributed by atoms with Crippen molar-refractivity contribution >= 4 is 5.78 Å². The summed E-state index contributed by atoms with van der Waals surface area (Å²) in [5.41, 5.74) is 1.56. The Kier molecular flexibility index (Phi) is 3.64. The third-order valence-electron chi connectivity index (χ3n) is 2.69. The van der Waals surface area contributed by atoms with E-state index in [0.717, 1.165) is 18.8 Å². The largest absolute Gasteiger partial charge is 0.369 e. The molecule has 2 heterocycles. The summed E-state index contributed by atoms with van der Waals surface area (Å²) in [6.45, 7) is 4.24. The highest BCUT2D eigenvalue weighted by atomic mass is 16.5. The Hall–Kier alpha value is -1.26. The summed E-state index contributed by atoms with van der Waals surface area (Å²) in [5.74, 6) is 0.127. The maximum absolute atomic E-state index is 11.4. The van der Waals surface area contributed by atoms with Crippen molar-refractivity contribution in [3.8, 4) is 0 Å². The van der Waals surface area contributed by atoms with Crippen LogP contribution in [0, 0.1) is 0 Å². The van der Waals surface area contributed by atoms with Crippen LogP contribution in [0.4, 0.5) is 0 Å². The van der Waals surface area contributed by atoms with Crippen molar-refractivity contribution in [3.05, 3.63) is 29.6 Å². The normalized spacial score (nSPS) is 20.7. The summed E-state index contributed by atoms with van der Waals surface area (Å²) in [5, 5.41) is 3.25. The monoisotopic (exact) mass is 220 g/mol. The number of Topliss-reactive ketones (excluding diaryl/α,β-unsaturated/α-hetero) is 1. The van der Waals surface area contributed by atoms with Crippen molar-refractivity contribution in [2.45, 2.75) is 19.4 Å². The number of ether oxygens (including phenoxy) is 1. The van der Waals surface area contributed by atoms with Gasteiger partial charge in [-0.05, 0) is 12.1 Å². The second kappa shape index (κ2) is 5.18. The first-order valence-corrected chi connectivity index (χ1v) is 5.62. The van der Waals surface area contributed by atoms with E-state index in [0.29, 0.717) is 18.6 Å². The zero-order valence-electron chi connectivity index (χ0n) is 9.40. The number of rotatable bonds is 3. The minimum Gasteiger partial charge on any atom is -0.369 e. The van der Waals surface area contributed by atoms with Gasteiger partial charge in [0, 0.05) is 31.3 Å². The molecule has 1 aliphatic rings. The van der Waals surface area contributed by atoms with E-state index >= 15 is 0 Å². The van der Waals surface area contributed by atoms with E-state index in [2.05, 4.69) is 10.3 Å². The molecule has 1 aromatic rings. The molecule has 1 aliphatic heterocycles. The average Bonchev–Trinajstić information content (AvgIpc) is 2.39. The number of hydrogen-bond donors (Lipinski definition) is 1. The van der Waals surface area contributed by atoms with Gasteiger partial charge in [-0.1, -0.05) is 6.92 Å². The quantitative estimate of drug-likeness (QED) is 0.781. The van der Waals surface area contributed by atoms with Crippen LogP contribution in [-0.4, -0.2) is 30.5 Å². The smallest absolute Gasteiger partial charge is 0.164 e. The van der Waals surface area contributed by atoms with Crippen LogP contribution in [0.5, 0.6) is 0 Å². The summed E-state index contributed by atoms with van der Waals surface area (Å²) in [6.07, 6.45) is 2.17. The predicted octanol–water partition coefficient (Wildman–Crippen LogP) is 1.34. The number of morpholine rings is 1. The molecule has 1 saturated heterocycles. The van der Waals surface area contributed by atoms with Gasteiger partial charge in [0.05, 0.1) is 12.3 Å². The van der Waals surface area contributed by atoms with E-state index in [4.69, 9.17) is 4.74 Å². The van der Waals surface area contributed by atoms with Gasteiger partial charge in [0.2, 0.25) is 0 Å². The zero-order chi connectivity index (χ0) is 11.4. The van der Waals surface area contributed by atoms with Crippen LogP contribution in [0.25, 0.3) is 0 Å². The Balaban J connectivity index is 2.09. The Labute approximate surface area is 95.0 Å². The van der Waals surface area contributed by atoms with Crippen molar-refractivity contribution in [2.75, 3.05) is 19.7 Å². The van der Waals surface area contributed by atoms with E-state index < -0.39 is 0 Å². The van der Waals surface area contributed by atoms with Crippen LogP contribution in [0.3, 0.4) is 0 Å². The van der Waals surface area contributed by atoms with Gasteiger partial charge in [-0.2, -0.15) is 0 Å². The van der Waals surface area contributed by atoms with Crippen LogP contribution in [0.15, 0.2) is 18.3 Å². The number of hydrogen-bond acceptors (Lipinski definition) is 4. The summed E-state index contributed by atoms with van der Waals surface area (Å²) in [6, 6.07) is 3.70. The maximum Gasteiger partial charge on any atom is 0.164 e. The number of nitrogens with one attached hydrogen (secondary N) is 1. The number of pyridine rings is 1. The van der Waals surface area contributed by atoms with E-state index in [-0.39, 0.29) is 11.9 Å². The molecular formula is C12H16N2O2. The van der Waals surface area contributed by atoms with Crippen molar-refractivity contribution in [1.29, 1.82) is 0 Å². The third kappa shape index (κ3) is 2.46. The molecule has 0 saturated carbocycles. The van der Waals surface area contributed by atoms with Gasteiger partial charge in [-0.15, -0.1) is 0 Å². The molecule has 1 fully saturated rings. The fourth-order valence-corrected chi connectivity index (χ4v) is 1.72. The van der Waals surface area contributed by atoms with Crippen LogP contribution in [-0.2, 0) is 4.74 Å². The molecule has 0 bridgehead atoms. The molecule has 2 rings (SSSR count). The van der Waals surface area contributed by atoms with Crippen LogP contribution < -0.4 is 5.32 Å². The molecule has 1 unspecified atom stereocenters. The molecule has 0 amide bonds. The lowest BCUT2D eigenvalue weighted by atomic mass is 10.1. The third-order valence-corrected chi connectivity index (χ3v) is 2.69. The summed E-state index contributed by atoms with van der Waals surface area (Å²) in [7, 11) is 0. The van der Waals surface area contributed by atoms with Crippen LogP contribution >= 0.6 is 0 Å². The topological polar surface area (TPSA) is 51.2 Å². The van der Waals surface area contributed by atoms with Gasteiger partial charge >= 0.3 is 0 Å². The molecule has 1 atom stereocenters. The highest BCUT2D eigenvalue weighted by molar-refractivity contribution is 5.95. The minimum atomic E-state index is 0.0135. The van der Waals surface area contributed by atoms with E-state index in [9.17, 15) is 4.79 Å². The van der Waals surface area contributed by atoms with Gasteiger partial charge in [-0.25, -0.2) is 0 Å². The lowest BCUT2D eigenvalue weighted by Gasteiger charge is -2.23. The molecule has 0 aromatic carbocycles. The summed E-state index contributed by atoms with van der Waals surface area (Å²) >= 11 is 0. The minimum absolute atomic E-state index is 0.0135. The van der Waals surface area contributed by atoms with Crippen molar-refractivity contribution in [1.82, 2.24) is 10.3 Å². The van der Waals surface area contributed by atoms with Crippen LogP contribution in [0.2, 0.25) is 0 Å². The first-order chi connectivity index (χ1) is 7.81. The Morgan fingerprint density at radius 3 is 3.06 bits per heavy atom. The molecule has 1 aromatic heterocycles. The van der Waals surface area contributed by atoms with Gasteiger partial charge < -0.3 is 10.1 Å². The van der Waals surface area contributed by atoms with Crippen molar-refractivity contribution in [3.63, 3.8) is 0 Å². The standard InChI is InChI=1S/C12H16N2O2/c1-2-11(15)9-3-4-10(14-7-9)12-8-13-5-6-16-12/h3-4,7,12-13H,2,5-6,8H2,1H3. The van der Waals surface area contributed by atoms with Crippen LogP contribution in [0.1, 0.15) is 35.5 Å². The average molecular weight is 220 g/mol. The molecule has 4 heteroatoms. The second-order valence-electron chi connectivity index (χ2n) is 3.81. The highest BCUT2D eigenvalue weighted by Crippen LogP contribution is 2.16. The van der Waals surface area contributed by atoms with E-state index in [1.54, 1.807) is 6.20 Å². The van der Waals surface area contributed by atoms with Gasteiger partial charge in [0.15, 0.2) is 5.78 Å². The first-order valence-electron chi connectivity index (χ1n) is 5.62. The lowest BCUT2D eigenvalue weighted by Crippen LogP contribution is -2.33. The number of ketones is 1. The Morgan fingerprint density at radius 2 is 2.50 bits per heavy atom. The molecule has 1 N–H and O–H groups in total. The van der Waals surface area contributed by atoms with Crippen molar-refractivity contribution < 1.29 is 9.53 Å². The van der Waals surface area contributed by atoms with E-state index in [1.807, 2.05) is 19.1 Å². The lowest BCUT2D eigenvalue weighted by molar-refractivity contribution is 0.0250.